The van der Waals surface area contributed by atoms with Crippen LogP contribution in [-0.2, 0) is 0 Å². The van der Waals surface area contributed by atoms with Crippen molar-refractivity contribution < 1.29 is 3.96 Å². The molecule has 2 aromatic carbocycles. The van der Waals surface area contributed by atoms with Crippen LogP contribution in [0.5, 0.6) is 0 Å². The molecular weight excluding hydrogens is 314 g/mol. The average Bonchev–Trinajstić information content (AvgIpc) is 3.09. The molecule has 0 spiro atoms. The van der Waals surface area contributed by atoms with Crippen LogP contribution in [-0.4, -0.2) is 18.1 Å². The van der Waals surface area contributed by atoms with Gasteiger partial charge < -0.3 is 4.90 Å². The molecule has 4 rings (SSSR count). The summed E-state index contributed by atoms with van der Waals surface area (Å²) < 4.78 is 2.26. The standard InChI is InChI=1S/C20H22N3S/c1-16-10-12-17(13-11-16)19-21-20(22-14-6-3-7-15-22)24-23(19)18-8-4-2-5-9-18/h2,4-5,8-13H,3,6-7,14-15H2,1H3/q+1. The first-order valence-corrected chi connectivity index (χ1v) is 9.39. The average molecular weight is 336 g/mol. The molecule has 122 valence electrons. The van der Waals surface area contributed by atoms with Gasteiger partial charge in [0, 0.05) is 13.1 Å². The van der Waals surface area contributed by atoms with Gasteiger partial charge in [-0.05, 0) is 55.4 Å². The largest absolute Gasteiger partial charge is 0.350 e. The van der Waals surface area contributed by atoms with Crippen molar-refractivity contribution in [3.63, 3.8) is 0 Å². The Bertz CT molecular complexity index is 803. The van der Waals surface area contributed by atoms with Gasteiger partial charge in [0.2, 0.25) is 0 Å². The Morgan fingerprint density at radius 3 is 2.33 bits per heavy atom. The zero-order valence-corrected chi connectivity index (χ0v) is 14.8. The van der Waals surface area contributed by atoms with E-state index in [-0.39, 0.29) is 0 Å². The molecule has 3 nitrogen and oxygen atoms in total. The topological polar surface area (TPSA) is 20.0 Å². The van der Waals surface area contributed by atoms with Gasteiger partial charge in [0.05, 0.1) is 5.56 Å². The molecule has 1 aliphatic heterocycles. The van der Waals surface area contributed by atoms with Gasteiger partial charge >= 0.3 is 11.0 Å². The number of anilines is 1. The van der Waals surface area contributed by atoms with Crippen molar-refractivity contribution in [3.05, 3.63) is 60.2 Å². The Labute approximate surface area is 147 Å². The number of aromatic nitrogens is 2. The molecule has 24 heavy (non-hydrogen) atoms. The predicted molar refractivity (Wildman–Crippen MR) is 99.9 cm³/mol. The third-order valence-corrected chi connectivity index (χ3v) is 5.57. The lowest BCUT2D eigenvalue weighted by molar-refractivity contribution is -0.509. The molecule has 0 unspecified atom stereocenters. The van der Waals surface area contributed by atoms with Crippen LogP contribution in [0, 0.1) is 6.92 Å². The number of piperidine rings is 1. The minimum atomic E-state index is 1.03. The summed E-state index contributed by atoms with van der Waals surface area (Å²) in [5.41, 5.74) is 3.62. The third-order valence-electron chi connectivity index (χ3n) is 4.49. The molecule has 0 bridgehead atoms. The van der Waals surface area contributed by atoms with Gasteiger partial charge in [-0.25, -0.2) is 0 Å². The van der Waals surface area contributed by atoms with Crippen LogP contribution in [0.1, 0.15) is 24.8 Å². The highest BCUT2D eigenvalue weighted by atomic mass is 32.1. The van der Waals surface area contributed by atoms with Gasteiger partial charge in [0.15, 0.2) is 0 Å². The Kier molecular flexibility index (Phi) is 4.30. The molecule has 0 saturated carbocycles. The second-order valence-electron chi connectivity index (χ2n) is 6.35. The van der Waals surface area contributed by atoms with E-state index >= 15 is 0 Å². The summed E-state index contributed by atoms with van der Waals surface area (Å²) in [5, 5.41) is 1.13. The number of benzene rings is 2. The number of nitrogens with zero attached hydrogens (tertiary/aromatic N) is 3. The maximum Gasteiger partial charge on any atom is 0.350 e. The Morgan fingerprint density at radius 1 is 0.917 bits per heavy atom. The van der Waals surface area contributed by atoms with Gasteiger partial charge in [-0.2, -0.15) is 0 Å². The Hall–Kier alpha value is -2.20. The van der Waals surface area contributed by atoms with Crippen LogP contribution in [0.4, 0.5) is 5.13 Å². The molecule has 1 aromatic heterocycles. The summed E-state index contributed by atoms with van der Waals surface area (Å²) >= 11 is 1.75. The maximum atomic E-state index is 5.02. The maximum absolute atomic E-state index is 5.02. The molecule has 0 atom stereocenters. The van der Waals surface area contributed by atoms with Crippen LogP contribution in [0.2, 0.25) is 0 Å². The van der Waals surface area contributed by atoms with Crippen molar-refractivity contribution in [2.45, 2.75) is 26.2 Å². The lowest BCUT2D eigenvalue weighted by Crippen LogP contribution is -2.30. The Morgan fingerprint density at radius 2 is 1.62 bits per heavy atom. The smallest absolute Gasteiger partial charge is 0.324 e. The van der Waals surface area contributed by atoms with Crippen LogP contribution >= 0.6 is 11.5 Å². The van der Waals surface area contributed by atoms with E-state index in [1.54, 1.807) is 11.5 Å². The molecule has 1 aliphatic rings. The van der Waals surface area contributed by atoms with E-state index in [2.05, 4.69) is 70.4 Å². The molecule has 0 aliphatic carbocycles. The van der Waals surface area contributed by atoms with Crippen molar-refractivity contribution in [2.24, 2.45) is 0 Å². The van der Waals surface area contributed by atoms with Crippen molar-refractivity contribution in [3.8, 4) is 17.1 Å². The number of hydrogen-bond acceptors (Lipinski definition) is 3. The highest BCUT2D eigenvalue weighted by molar-refractivity contribution is 7.06. The third kappa shape index (κ3) is 3.06. The number of aryl methyl sites for hydroxylation is 1. The number of hydrogen-bond donors (Lipinski definition) is 0. The lowest BCUT2D eigenvalue weighted by atomic mass is 10.1. The van der Waals surface area contributed by atoms with Gasteiger partial charge in [-0.15, -0.1) is 3.96 Å². The van der Waals surface area contributed by atoms with E-state index in [0.29, 0.717) is 0 Å². The van der Waals surface area contributed by atoms with Crippen molar-refractivity contribution in [1.82, 2.24) is 4.98 Å². The van der Waals surface area contributed by atoms with Crippen molar-refractivity contribution in [2.75, 3.05) is 18.0 Å². The van der Waals surface area contributed by atoms with Crippen LogP contribution in [0.3, 0.4) is 0 Å². The first-order chi connectivity index (χ1) is 11.8. The second-order valence-corrected chi connectivity index (χ2v) is 7.27. The molecule has 1 saturated heterocycles. The minimum Gasteiger partial charge on any atom is -0.324 e. The van der Waals surface area contributed by atoms with E-state index in [9.17, 15) is 0 Å². The highest BCUT2D eigenvalue weighted by Crippen LogP contribution is 2.26. The van der Waals surface area contributed by atoms with Crippen molar-refractivity contribution in [1.29, 1.82) is 0 Å². The zero-order chi connectivity index (χ0) is 16.4. The van der Waals surface area contributed by atoms with E-state index in [1.807, 2.05) is 0 Å². The quantitative estimate of drug-likeness (QED) is 0.661. The van der Waals surface area contributed by atoms with Gasteiger partial charge in [0.25, 0.3) is 0 Å². The molecule has 1 fully saturated rings. The fourth-order valence-electron chi connectivity index (χ4n) is 3.12. The fraction of sp³-hybridized carbons (Fsp3) is 0.300. The minimum absolute atomic E-state index is 1.03. The molecule has 3 aromatic rings. The number of rotatable bonds is 3. The van der Waals surface area contributed by atoms with E-state index in [0.717, 1.165) is 24.0 Å². The van der Waals surface area contributed by atoms with E-state index in [1.165, 1.54) is 36.1 Å². The zero-order valence-electron chi connectivity index (χ0n) is 14.0. The van der Waals surface area contributed by atoms with E-state index < -0.39 is 0 Å². The normalized spacial score (nSPS) is 14.8. The van der Waals surface area contributed by atoms with Gasteiger partial charge in [0.1, 0.15) is 17.2 Å². The SMILES string of the molecule is Cc1ccc(-c2nc(N3CCCCC3)s[n+]2-c2ccccc2)cc1. The highest BCUT2D eigenvalue weighted by Gasteiger charge is 2.28. The Balaban J connectivity index is 1.80. The first kappa shape index (κ1) is 15.3. The van der Waals surface area contributed by atoms with Crippen LogP contribution in [0.15, 0.2) is 54.6 Å². The fourth-order valence-corrected chi connectivity index (χ4v) is 4.17. The predicted octanol–water partition coefficient (Wildman–Crippen LogP) is 4.39. The molecule has 0 radical (unpaired) electrons. The number of para-hydroxylation sites is 1. The summed E-state index contributed by atoms with van der Waals surface area (Å²) in [4.78, 5) is 7.45. The van der Waals surface area contributed by atoms with Crippen LogP contribution < -0.4 is 8.86 Å². The molecular formula is C20H22N3S+. The molecule has 4 heteroatoms. The first-order valence-electron chi connectivity index (χ1n) is 8.62. The second kappa shape index (κ2) is 6.73. The van der Waals surface area contributed by atoms with Crippen LogP contribution in [0.25, 0.3) is 17.1 Å². The summed E-state index contributed by atoms with van der Waals surface area (Å²) in [6.45, 7) is 4.36. The summed E-state index contributed by atoms with van der Waals surface area (Å²) in [7, 11) is 0. The summed E-state index contributed by atoms with van der Waals surface area (Å²) in [6.07, 6.45) is 3.88. The summed E-state index contributed by atoms with van der Waals surface area (Å²) in [5.74, 6) is 1.03. The monoisotopic (exact) mass is 336 g/mol. The summed E-state index contributed by atoms with van der Waals surface area (Å²) in [6, 6.07) is 19.2. The molecule has 2 heterocycles. The molecule has 0 amide bonds. The van der Waals surface area contributed by atoms with E-state index in [4.69, 9.17) is 4.98 Å². The lowest BCUT2D eigenvalue weighted by Gasteiger charge is -2.22. The van der Waals surface area contributed by atoms with Crippen molar-refractivity contribution >= 4 is 16.7 Å². The molecule has 0 N–H and O–H groups in total. The van der Waals surface area contributed by atoms with Gasteiger partial charge in [-0.1, -0.05) is 35.9 Å². The van der Waals surface area contributed by atoms with Gasteiger partial charge in [-0.3, -0.25) is 0 Å².